The highest BCUT2D eigenvalue weighted by molar-refractivity contribution is 5.96. The number of aromatic nitrogens is 2. The van der Waals surface area contributed by atoms with E-state index in [-0.39, 0.29) is 24.4 Å². The van der Waals surface area contributed by atoms with Gasteiger partial charge in [-0.05, 0) is 37.5 Å². The Kier molecular flexibility index (Phi) is 4.93. The van der Waals surface area contributed by atoms with Gasteiger partial charge in [0.05, 0.1) is 18.8 Å². The van der Waals surface area contributed by atoms with Gasteiger partial charge in [-0.3, -0.25) is 14.3 Å². The van der Waals surface area contributed by atoms with Gasteiger partial charge in [0.1, 0.15) is 0 Å². The molecule has 1 aromatic carbocycles. The molecule has 0 saturated carbocycles. The standard InChI is InChI=1S/C18H22N4O2/c1-14-10-20-22(12-14)16-8-5-9-21(13-16)17(23)11-19-18(24)15-6-3-2-4-7-15/h2-4,6-7,10,12,16H,5,8-9,11,13H2,1H3,(H,19,24). The highest BCUT2D eigenvalue weighted by Crippen LogP contribution is 2.21. The Morgan fingerprint density at radius 2 is 2.08 bits per heavy atom. The van der Waals surface area contributed by atoms with E-state index in [1.54, 1.807) is 24.3 Å². The number of benzene rings is 1. The zero-order valence-electron chi connectivity index (χ0n) is 13.8. The average molecular weight is 326 g/mol. The number of nitrogens with one attached hydrogen (secondary N) is 1. The van der Waals surface area contributed by atoms with Gasteiger partial charge in [0.2, 0.25) is 5.91 Å². The number of piperidine rings is 1. The largest absolute Gasteiger partial charge is 0.343 e. The van der Waals surface area contributed by atoms with Crippen molar-refractivity contribution < 1.29 is 9.59 Å². The van der Waals surface area contributed by atoms with Gasteiger partial charge < -0.3 is 10.2 Å². The summed E-state index contributed by atoms with van der Waals surface area (Å²) < 4.78 is 1.94. The Bertz CT molecular complexity index is 711. The lowest BCUT2D eigenvalue weighted by Gasteiger charge is -2.33. The first-order valence-corrected chi connectivity index (χ1v) is 8.25. The van der Waals surface area contributed by atoms with Gasteiger partial charge in [0.25, 0.3) is 5.91 Å². The minimum atomic E-state index is -0.222. The molecule has 6 nitrogen and oxygen atoms in total. The third kappa shape index (κ3) is 3.82. The highest BCUT2D eigenvalue weighted by atomic mass is 16.2. The van der Waals surface area contributed by atoms with Crippen molar-refractivity contribution in [3.63, 3.8) is 0 Å². The lowest BCUT2D eigenvalue weighted by Crippen LogP contribution is -2.45. The zero-order valence-corrected chi connectivity index (χ0v) is 13.8. The summed E-state index contributed by atoms with van der Waals surface area (Å²) in [5.74, 6) is -0.270. The second kappa shape index (κ2) is 7.29. The second-order valence-corrected chi connectivity index (χ2v) is 6.18. The fourth-order valence-corrected chi connectivity index (χ4v) is 2.99. The predicted molar refractivity (Wildman–Crippen MR) is 90.6 cm³/mol. The monoisotopic (exact) mass is 326 g/mol. The molecule has 1 atom stereocenters. The maximum Gasteiger partial charge on any atom is 0.251 e. The Hall–Kier alpha value is -2.63. The Labute approximate surface area is 141 Å². The van der Waals surface area contributed by atoms with E-state index in [4.69, 9.17) is 0 Å². The van der Waals surface area contributed by atoms with Crippen molar-refractivity contribution in [3.05, 3.63) is 53.9 Å². The number of carbonyl (C=O) groups is 2. The normalized spacial score (nSPS) is 17.5. The minimum absolute atomic E-state index is 0.0264. The van der Waals surface area contributed by atoms with Crippen molar-refractivity contribution in [2.24, 2.45) is 0 Å². The van der Waals surface area contributed by atoms with Crippen molar-refractivity contribution in [3.8, 4) is 0 Å². The van der Waals surface area contributed by atoms with E-state index in [1.165, 1.54) is 0 Å². The summed E-state index contributed by atoms with van der Waals surface area (Å²) in [7, 11) is 0. The molecule has 1 aliphatic heterocycles. The molecular weight excluding hydrogens is 304 g/mol. The van der Waals surface area contributed by atoms with Crippen molar-refractivity contribution in [1.82, 2.24) is 20.0 Å². The first-order chi connectivity index (χ1) is 11.6. The molecule has 1 aliphatic rings. The van der Waals surface area contributed by atoms with Gasteiger partial charge in [0, 0.05) is 24.8 Å². The smallest absolute Gasteiger partial charge is 0.251 e. The van der Waals surface area contributed by atoms with Gasteiger partial charge in [-0.2, -0.15) is 5.10 Å². The summed E-state index contributed by atoms with van der Waals surface area (Å²) in [4.78, 5) is 26.2. The van der Waals surface area contributed by atoms with Gasteiger partial charge in [0.15, 0.2) is 0 Å². The molecule has 1 aromatic heterocycles. The third-order valence-corrected chi connectivity index (χ3v) is 4.29. The molecule has 0 radical (unpaired) electrons. The van der Waals surface area contributed by atoms with Crippen LogP contribution in [0.1, 0.15) is 34.8 Å². The number of hydrogen-bond acceptors (Lipinski definition) is 3. The number of nitrogens with zero attached hydrogens (tertiary/aromatic N) is 3. The number of hydrogen-bond donors (Lipinski definition) is 1. The van der Waals surface area contributed by atoms with Crippen molar-refractivity contribution in [2.45, 2.75) is 25.8 Å². The van der Waals surface area contributed by atoms with E-state index in [0.717, 1.165) is 24.9 Å². The summed E-state index contributed by atoms with van der Waals surface area (Å²) in [5, 5.41) is 7.06. The molecule has 3 rings (SSSR count). The number of aryl methyl sites for hydroxylation is 1. The Morgan fingerprint density at radius 1 is 1.29 bits per heavy atom. The molecule has 24 heavy (non-hydrogen) atoms. The molecule has 6 heteroatoms. The number of rotatable bonds is 4. The third-order valence-electron chi connectivity index (χ3n) is 4.29. The molecule has 2 amide bonds. The summed E-state index contributed by atoms with van der Waals surface area (Å²) in [5.41, 5.74) is 1.68. The summed E-state index contributed by atoms with van der Waals surface area (Å²) >= 11 is 0. The van der Waals surface area contributed by atoms with Crippen LogP contribution in [0.3, 0.4) is 0 Å². The first kappa shape index (κ1) is 16.2. The lowest BCUT2D eigenvalue weighted by atomic mass is 10.1. The maximum atomic E-state index is 12.4. The minimum Gasteiger partial charge on any atom is -0.343 e. The molecule has 2 heterocycles. The predicted octanol–water partition coefficient (Wildman–Crippen LogP) is 1.79. The van der Waals surface area contributed by atoms with Crippen LogP contribution in [0.25, 0.3) is 0 Å². The molecule has 1 unspecified atom stereocenters. The molecule has 1 saturated heterocycles. The lowest BCUT2D eigenvalue weighted by molar-refractivity contribution is -0.131. The van der Waals surface area contributed by atoms with Crippen LogP contribution < -0.4 is 5.32 Å². The molecule has 1 N–H and O–H groups in total. The van der Waals surface area contributed by atoms with Gasteiger partial charge in [-0.25, -0.2) is 0 Å². The van der Waals surface area contributed by atoms with Crippen LogP contribution in [0.4, 0.5) is 0 Å². The topological polar surface area (TPSA) is 67.2 Å². The average Bonchev–Trinajstić information content (AvgIpc) is 3.06. The van der Waals surface area contributed by atoms with E-state index < -0.39 is 0 Å². The summed E-state index contributed by atoms with van der Waals surface area (Å²) in [6.45, 7) is 3.41. The van der Waals surface area contributed by atoms with Gasteiger partial charge in [-0.1, -0.05) is 18.2 Å². The summed E-state index contributed by atoms with van der Waals surface area (Å²) in [6.07, 6.45) is 5.81. The van der Waals surface area contributed by atoms with Crippen LogP contribution in [0.2, 0.25) is 0 Å². The van der Waals surface area contributed by atoms with Crippen LogP contribution in [-0.2, 0) is 4.79 Å². The van der Waals surface area contributed by atoms with E-state index in [1.807, 2.05) is 35.0 Å². The fourth-order valence-electron chi connectivity index (χ4n) is 2.99. The molecular formula is C18H22N4O2. The van der Waals surface area contributed by atoms with E-state index in [0.29, 0.717) is 12.1 Å². The Balaban J connectivity index is 1.54. The van der Waals surface area contributed by atoms with Crippen LogP contribution in [0.5, 0.6) is 0 Å². The Morgan fingerprint density at radius 3 is 2.79 bits per heavy atom. The number of likely N-dealkylation sites (tertiary alicyclic amines) is 1. The second-order valence-electron chi connectivity index (χ2n) is 6.18. The van der Waals surface area contributed by atoms with E-state index in [2.05, 4.69) is 10.4 Å². The zero-order chi connectivity index (χ0) is 16.9. The number of amides is 2. The van der Waals surface area contributed by atoms with Crippen LogP contribution >= 0.6 is 0 Å². The first-order valence-electron chi connectivity index (χ1n) is 8.25. The van der Waals surface area contributed by atoms with E-state index in [9.17, 15) is 9.59 Å². The quantitative estimate of drug-likeness (QED) is 0.931. The molecule has 0 aliphatic carbocycles. The van der Waals surface area contributed by atoms with Gasteiger partial charge in [-0.15, -0.1) is 0 Å². The number of carbonyl (C=O) groups excluding carboxylic acids is 2. The highest BCUT2D eigenvalue weighted by Gasteiger charge is 2.25. The van der Waals surface area contributed by atoms with Crippen LogP contribution in [-0.4, -0.2) is 46.1 Å². The molecule has 2 aromatic rings. The SMILES string of the molecule is Cc1cnn(C2CCCN(C(=O)CNC(=O)c3ccccc3)C2)c1. The molecule has 0 spiro atoms. The summed E-state index contributed by atoms with van der Waals surface area (Å²) in [6, 6.07) is 9.14. The molecule has 1 fully saturated rings. The van der Waals surface area contributed by atoms with Crippen LogP contribution in [0, 0.1) is 6.92 Å². The van der Waals surface area contributed by atoms with Gasteiger partial charge >= 0.3 is 0 Å². The van der Waals surface area contributed by atoms with Crippen molar-refractivity contribution in [2.75, 3.05) is 19.6 Å². The van der Waals surface area contributed by atoms with E-state index >= 15 is 0 Å². The van der Waals surface area contributed by atoms with Crippen molar-refractivity contribution in [1.29, 1.82) is 0 Å². The molecule has 126 valence electrons. The maximum absolute atomic E-state index is 12.4. The fraction of sp³-hybridized carbons (Fsp3) is 0.389. The van der Waals surface area contributed by atoms with Crippen molar-refractivity contribution >= 4 is 11.8 Å². The van der Waals surface area contributed by atoms with Crippen LogP contribution in [0.15, 0.2) is 42.7 Å². The molecule has 0 bridgehead atoms.